The van der Waals surface area contributed by atoms with E-state index in [0.29, 0.717) is 31.0 Å². The normalized spacial score (nSPS) is 19.6. The molecule has 7 heteroatoms. The van der Waals surface area contributed by atoms with Gasteiger partial charge in [0.15, 0.2) is 11.5 Å². The third-order valence-corrected chi connectivity index (χ3v) is 3.74. The number of ether oxygens (including phenoxy) is 2. The molecule has 1 aromatic carbocycles. The first kappa shape index (κ1) is 13.5. The van der Waals surface area contributed by atoms with Gasteiger partial charge in [-0.15, -0.1) is 0 Å². The second-order valence-electron chi connectivity index (χ2n) is 5.10. The summed E-state index contributed by atoms with van der Waals surface area (Å²) in [4.78, 5) is 24.8. The second-order valence-corrected chi connectivity index (χ2v) is 5.10. The van der Waals surface area contributed by atoms with Crippen LogP contribution in [0.2, 0.25) is 0 Å². The van der Waals surface area contributed by atoms with E-state index < -0.39 is 12.1 Å². The largest absolute Gasteiger partial charge is 0.454 e. The number of rotatable bonds is 3. The summed E-state index contributed by atoms with van der Waals surface area (Å²) in [5, 5.41) is 2.83. The fourth-order valence-electron chi connectivity index (χ4n) is 2.66. The van der Waals surface area contributed by atoms with Gasteiger partial charge in [-0.05, 0) is 30.5 Å². The Labute approximate surface area is 122 Å². The molecule has 7 nitrogen and oxygen atoms in total. The number of hydrogen-bond acceptors (Lipinski definition) is 4. The molecule has 112 valence electrons. The van der Waals surface area contributed by atoms with E-state index in [0.717, 1.165) is 12.0 Å². The Morgan fingerprint density at radius 3 is 2.95 bits per heavy atom. The van der Waals surface area contributed by atoms with E-state index in [1.165, 1.54) is 4.90 Å². The third-order valence-electron chi connectivity index (χ3n) is 3.74. The first-order valence-corrected chi connectivity index (χ1v) is 6.87. The molecule has 2 aliphatic heterocycles. The first-order chi connectivity index (χ1) is 10.1. The van der Waals surface area contributed by atoms with Crippen LogP contribution in [-0.4, -0.2) is 36.2 Å². The van der Waals surface area contributed by atoms with Gasteiger partial charge in [0.1, 0.15) is 6.04 Å². The molecule has 1 fully saturated rings. The van der Waals surface area contributed by atoms with Crippen LogP contribution in [0.5, 0.6) is 11.5 Å². The smallest absolute Gasteiger partial charge is 0.315 e. The van der Waals surface area contributed by atoms with Crippen LogP contribution in [0.4, 0.5) is 4.79 Å². The summed E-state index contributed by atoms with van der Waals surface area (Å²) in [5.41, 5.74) is 6.18. The highest BCUT2D eigenvalue weighted by molar-refractivity contribution is 5.87. The minimum absolute atomic E-state index is 0.177. The summed E-state index contributed by atoms with van der Waals surface area (Å²) in [7, 11) is 0. The fourth-order valence-corrected chi connectivity index (χ4v) is 2.66. The quantitative estimate of drug-likeness (QED) is 0.851. The molecule has 1 atom stereocenters. The number of nitrogens with zero attached hydrogens (tertiary/aromatic N) is 1. The van der Waals surface area contributed by atoms with Crippen LogP contribution in [-0.2, 0) is 11.3 Å². The van der Waals surface area contributed by atoms with Gasteiger partial charge in [-0.25, -0.2) is 4.79 Å². The lowest BCUT2D eigenvalue weighted by atomic mass is 10.1. The van der Waals surface area contributed by atoms with Gasteiger partial charge >= 0.3 is 6.03 Å². The van der Waals surface area contributed by atoms with E-state index in [4.69, 9.17) is 15.2 Å². The van der Waals surface area contributed by atoms with Crippen molar-refractivity contribution in [3.8, 4) is 11.5 Å². The summed E-state index contributed by atoms with van der Waals surface area (Å²) in [6.07, 6.45) is 1.45. The molecule has 21 heavy (non-hydrogen) atoms. The molecule has 0 bridgehead atoms. The molecule has 0 spiro atoms. The summed E-state index contributed by atoms with van der Waals surface area (Å²) in [6, 6.07) is 4.51. The maximum atomic E-state index is 12.2. The third kappa shape index (κ3) is 2.72. The van der Waals surface area contributed by atoms with Gasteiger partial charge < -0.3 is 25.4 Å². The molecule has 3 amide bonds. The highest BCUT2D eigenvalue weighted by Crippen LogP contribution is 2.32. The number of benzene rings is 1. The van der Waals surface area contributed by atoms with Crippen molar-refractivity contribution in [2.24, 2.45) is 5.73 Å². The summed E-state index contributed by atoms with van der Waals surface area (Å²) in [5.74, 6) is 1.21. The molecule has 2 heterocycles. The van der Waals surface area contributed by atoms with E-state index in [-0.39, 0.29) is 12.7 Å². The SMILES string of the molecule is NC(=O)N1CCCC1C(=O)NCc1ccc2c(c1)OCO2. The minimum Gasteiger partial charge on any atom is -0.454 e. The number of carbonyl (C=O) groups is 2. The van der Waals surface area contributed by atoms with Gasteiger partial charge in [0.2, 0.25) is 12.7 Å². The molecular weight excluding hydrogens is 274 g/mol. The van der Waals surface area contributed by atoms with E-state index >= 15 is 0 Å². The lowest BCUT2D eigenvalue weighted by Gasteiger charge is -2.21. The number of nitrogens with two attached hydrogens (primary N) is 1. The van der Waals surface area contributed by atoms with Crippen molar-refractivity contribution >= 4 is 11.9 Å². The van der Waals surface area contributed by atoms with E-state index in [1.807, 2.05) is 18.2 Å². The van der Waals surface area contributed by atoms with Gasteiger partial charge in [-0.2, -0.15) is 0 Å². The van der Waals surface area contributed by atoms with Crippen LogP contribution in [0.15, 0.2) is 18.2 Å². The molecule has 1 saturated heterocycles. The Morgan fingerprint density at radius 1 is 1.33 bits per heavy atom. The molecule has 1 aromatic rings. The Bertz CT molecular complexity index is 575. The van der Waals surface area contributed by atoms with E-state index in [9.17, 15) is 9.59 Å². The molecule has 3 rings (SSSR count). The number of hydrogen-bond donors (Lipinski definition) is 2. The number of urea groups is 1. The zero-order valence-electron chi connectivity index (χ0n) is 11.5. The number of carbonyl (C=O) groups excluding carboxylic acids is 2. The molecule has 0 aromatic heterocycles. The summed E-state index contributed by atoms with van der Waals surface area (Å²) >= 11 is 0. The average molecular weight is 291 g/mol. The van der Waals surface area contributed by atoms with Crippen LogP contribution in [0.1, 0.15) is 18.4 Å². The first-order valence-electron chi connectivity index (χ1n) is 6.87. The zero-order valence-corrected chi connectivity index (χ0v) is 11.5. The predicted octanol–water partition coefficient (Wildman–Crippen LogP) is 0.575. The van der Waals surface area contributed by atoms with Crippen molar-refractivity contribution in [3.63, 3.8) is 0 Å². The Kier molecular flexibility index (Phi) is 3.55. The monoisotopic (exact) mass is 291 g/mol. The Balaban J connectivity index is 1.60. The van der Waals surface area contributed by atoms with Gasteiger partial charge in [0.25, 0.3) is 0 Å². The van der Waals surface area contributed by atoms with Crippen molar-refractivity contribution in [2.45, 2.75) is 25.4 Å². The van der Waals surface area contributed by atoms with Crippen molar-refractivity contribution < 1.29 is 19.1 Å². The summed E-state index contributed by atoms with van der Waals surface area (Å²) in [6.45, 7) is 1.14. The maximum Gasteiger partial charge on any atom is 0.315 e. The zero-order chi connectivity index (χ0) is 14.8. The van der Waals surface area contributed by atoms with Crippen LogP contribution in [0.3, 0.4) is 0 Å². The lowest BCUT2D eigenvalue weighted by Crippen LogP contribution is -2.47. The molecule has 1 unspecified atom stereocenters. The van der Waals surface area contributed by atoms with Gasteiger partial charge in [-0.1, -0.05) is 6.07 Å². The number of amides is 3. The molecular formula is C14H17N3O4. The van der Waals surface area contributed by atoms with Crippen molar-refractivity contribution in [3.05, 3.63) is 23.8 Å². The van der Waals surface area contributed by atoms with Crippen LogP contribution in [0.25, 0.3) is 0 Å². The number of nitrogens with one attached hydrogen (secondary N) is 1. The molecule has 2 aliphatic rings. The number of fused-ring (bicyclic) bond motifs is 1. The summed E-state index contributed by atoms with van der Waals surface area (Å²) < 4.78 is 10.5. The van der Waals surface area contributed by atoms with Gasteiger partial charge in [-0.3, -0.25) is 4.79 Å². The predicted molar refractivity (Wildman–Crippen MR) is 73.7 cm³/mol. The highest BCUT2D eigenvalue weighted by atomic mass is 16.7. The van der Waals surface area contributed by atoms with Crippen LogP contribution in [0, 0.1) is 0 Å². The highest BCUT2D eigenvalue weighted by Gasteiger charge is 2.32. The molecule has 0 radical (unpaired) electrons. The lowest BCUT2D eigenvalue weighted by molar-refractivity contribution is -0.124. The van der Waals surface area contributed by atoms with Crippen LogP contribution >= 0.6 is 0 Å². The standard InChI is InChI=1S/C14H17N3O4/c15-14(19)17-5-1-2-10(17)13(18)16-7-9-3-4-11-12(6-9)21-8-20-11/h3-4,6,10H,1-2,5,7-8H2,(H2,15,19)(H,16,18). The Hall–Kier alpha value is -2.44. The Morgan fingerprint density at radius 2 is 2.14 bits per heavy atom. The van der Waals surface area contributed by atoms with Gasteiger partial charge in [0, 0.05) is 13.1 Å². The van der Waals surface area contributed by atoms with Crippen molar-refractivity contribution in [1.29, 1.82) is 0 Å². The molecule has 0 aliphatic carbocycles. The number of primary amides is 1. The van der Waals surface area contributed by atoms with Gasteiger partial charge in [0.05, 0.1) is 0 Å². The molecule has 0 saturated carbocycles. The van der Waals surface area contributed by atoms with E-state index in [2.05, 4.69) is 5.32 Å². The average Bonchev–Trinajstić information content (AvgIpc) is 3.12. The topological polar surface area (TPSA) is 93.9 Å². The van der Waals surface area contributed by atoms with E-state index in [1.54, 1.807) is 0 Å². The van der Waals surface area contributed by atoms with Crippen molar-refractivity contribution in [1.82, 2.24) is 10.2 Å². The van der Waals surface area contributed by atoms with Crippen LogP contribution < -0.4 is 20.5 Å². The fraction of sp³-hybridized carbons (Fsp3) is 0.429. The second kappa shape index (κ2) is 5.51. The number of likely N-dealkylation sites (tertiary alicyclic amines) is 1. The van der Waals surface area contributed by atoms with Crippen molar-refractivity contribution in [2.75, 3.05) is 13.3 Å². The molecule has 3 N–H and O–H groups in total. The minimum atomic E-state index is -0.546. The maximum absolute atomic E-state index is 12.2.